The van der Waals surface area contributed by atoms with Crippen molar-refractivity contribution in [2.24, 2.45) is 0 Å². The van der Waals surface area contributed by atoms with Gasteiger partial charge in [-0.25, -0.2) is 14.0 Å². The number of rotatable bonds is 7. The summed E-state index contributed by atoms with van der Waals surface area (Å²) in [7, 11) is -3.65. The fourth-order valence-electron chi connectivity index (χ4n) is 3.56. The van der Waals surface area contributed by atoms with Crippen LogP contribution in [0.15, 0.2) is 70.6 Å². The third kappa shape index (κ3) is 5.57. The van der Waals surface area contributed by atoms with Crippen LogP contribution in [0.2, 0.25) is 0 Å². The van der Waals surface area contributed by atoms with Crippen LogP contribution in [0, 0.1) is 4.78 Å². The van der Waals surface area contributed by atoms with Gasteiger partial charge < -0.3 is 4.74 Å². The van der Waals surface area contributed by atoms with Crippen molar-refractivity contribution in [3.63, 3.8) is 0 Å². The highest BCUT2D eigenvalue weighted by Gasteiger charge is 2.44. The average Bonchev–Trinajstić information content (AvgIpc) is 2.88. The molecule has 15 heteroatoms. The quantitative estimate of drug-likeness (QED) is 0.268. The first-order valence-electron chi connectivity index (χ1n) is 11.0. The third-order valence-corrected chi connectivity index (χ3v) is 7.41. The van der Waals surface area contributed by atoms with Crippen molar-refractivity contribution in [3.05, 3.63) is 76.8 Å². The lowest BCUT2D eigenvalue weighted by Gasteiger charge is -2.17. The number of alkyl halides is 7. The SMILES string of the molecule is CCS(=N)(=O)c1cc(-c2cccc(OC(F)(F)C(F)F)c2)cnc1-n1ncc2ccc(C(F)(F)F)cc2c1=O. The van der Waals surface area contributed by atoms with Crippen LogP contribution >= 0.6 is 0 Å². The maximum Gasteiger partial charge on any atom is 0.461 e. The Morgan fingerprint density at radius 3 is 2.38 bits per heavy atom. The van der Waals surface area contributed by atoms with E-state index in [2.05, 4.69) is 14.8 Å². The lowest BCUT2D eigenvalue weighted by Crippen LogP contribution is -2.33. The minimum atomic E-state index is -4.77. The van der Waals surface area contributed by atoms with E-state index in [1.165, 1.54) is 25.1 Å². The lowest BCUT2D eigenvalue weighted by atomic mass is 10.1. The Bertz CT molecular complexity index is 1720. The van der Waals surface area contributed by atoms with E-state index >= 15 is 0 Å². The summed E-state index contributed by atoms with van der Waals surface area (Å²) in [6.07, 6.45) is -11.4. The van der Waals surface area contributed by atoms with E-state index < -0.39 is 45.3 Å². The van der Waals surface area contributed by atoms with Crippen molar-refractivity contribution < 1.29 is 39.7 Å². The fourth-order valence-corrected chi connectivity index (χ4v) is 4.62. The zero-order chi connectivity index (χ0) is 28.8. The van der Waals surface area contributed by atoms with Crippen molar-refractivity contribution in [2.45, 2.75) is 30.5 Å². The molecule has 1 unspecified atom stereocenters. The van der Waals surface area contributed by atoms with E-state index in [1.54, 1.807) is 0 Å². The number of nitrogens with zero attached hydrogens (tertiary/aromatic N) is 3. The standard InChI is InChI=1S/C24H17F7N4O3S/c1-2-39(32,37)19-9-15(13-4-3-5-17(8-13)38-24(30,31)22(25)26)11-33-20(19)35-21(36)18-10-16(23(27,28)29)7-6-14(18)12-34-35/h3-12,22,32H,2H2,1H3. The van der Waals surface area contributed by atoms with Gasteiger partial charge in [0.1, 0.15) is 5.75 Å². The molecule has 0 aliphatic rings. The van der Waals surface area contributed by atoms with Crippen molar-refractivity contribution in [1.82, 2.24) is 14.8 Å². The number of fused-ring (bicyclic) bond motifs is 1. The van der Waals surface area contributed by atoms with E-state index in [0.29, 0.717) is 10.7 Å². The molecule has 1 N–H and O–H groups in total. The van der Waals surface area contributed by atoms with E-state index in [4.69, 9.17) is 4.78 Å². The summed E-state index contributed by atoms with van der Waals surface area (Å²) >= 11 is 0. The van der Waals surface area contributed by atoms with E-state index in [9.17, 15) is 39.7 Å². The summed E-state index contributed by atoms with van der Waals surface area (Å²) < 4.78 is 118. The Morgan fingerprint density at radius 2 is 1.74 bits per heavy atom. The molecule has 2 aromatic carbocycles. The van der Waals surface area contributed by atoms with E-state index in [-0.39, 0.29) is 38.4 Å². The molecular weight excluding hydrogens is 557 g/mol. The molecular formula is C24H17F7N4O3S. The normalized spacial score (nSPS) is 14.0. The first kappa shape index (κ1) is 28.0. The minimum Gasteiger partial charge on any atom is -0.428 e. The predicted octanol–water partition coefficient (Wildman–Crippen LogP) is 6.13. The molecule has 0 bridgehead atoms. The molecule has 0 amide bonds. The topological polar surface area (TPSA) is 97.9 Å². The van der Waals surface area contributed by atoms with Gasteiger partial charge in [-0.1, -0.05) is 25.1 Å². The van der Waals surface area contributed by atoms with Crippen LogP contribution < -0.4 is 10.3 Å². The average molecular weight is 574 g/mol. The second-order valence-corrected chi connectivity index (χ2v) is 10.5. The highest BCUT2D eigenvalue weighted by atomic mass is 32.2. The van der Waals surface area contributed by atoms with Gasteiger partial charge in [0.15, 0.2) is 5.82 Å². The predicted molar refractivity (Wildman–Crippen MR) is 127 cm³/mol. The highest BCUT2D eigenvalue weighted by molar-refractivity contribution is 7.92. The number of nitrogens with one attached hydrogen (secondary N) is 1. The lowest BCUT2D eigenvalue weighted by molar-refractivity contribution is -0.253. The number of ether oxygens (including phenoxy) is 1. The Kier molecular flexibility index (Phi) is 7.14. The Balaban J connectivity index is 1.88. The number of hydrogen-bond acceptors (Lipinski definition) is 6. The molecule has 0 aliphatic heterocycles. The number of hydrogen-bond donors (Lipinski definition) is 1. The van der Waals surface area contributed by atoms with Crippen molar-refractivity contribution in [3.8, 4) is 22.7 Å². The molecule has 0 radical (unpaired) electrons. The molecule has 0 saturated carbocycles. The number of pyridine rings is 1. The first-order valence-corrected chi connectivity index (χ1v) is 12.7. The van der Waals surface area contributed by atoms with Gasteiger partial charge in [-0.2, -0.15) is 40.5 Å². The zero-order valence-electron chi connectivity index (χ0n) is 19.7. The smallest absolute Gasteiger partial charge is 0.428 e. The van der Waals surface area contributed by atoms with Crippen molar-refractivity contribution in [1.29, 1.82) is 4.78 Å². The Labute approximate surface area is 215 Å². The second kappa shape index (κ2) is 9.94. The summed E-state index contributed by atoms with van der Waals surface area (Å²) in [5.74, 6) is -1.25. The summed E-state index contributed by atoms with van der Waals surface area (Å²) in [4.78, 5) is 16.9. The number of aromatic nitrogens is 3. The second-order valence-electron chi connectivity index (χ2n) is 8.16. The van der Waals surface area contributed by atoms with Crippen LogP contribution in [0.5, 0.6) is 5.75 Å². The Morgan fingerprint density at radius 1 is 1.03 bits per heavy atom. The monoisotopic (exact) mass is 574 g/mol. The van der Waals surface area contributed by atoms with Gasteiger partial charge in [0.05, 0.1) is 31.8 Å². The van der Waals surface area contributed by atoms with Gasteiger partial charge in [-0.05, 0) is 35.9 Å². The van der Waals surface area contributed by atoms with Crippen LogP contribution in [0.3, 0.4) is 0 Å². The van der Waals surface area contributed by atoms with Gasteiger partial charge >= 0.3 is 18.7 Å². The maximum atomic E-state index is 13.4. The molecule has 0 saturated heterocycles. The van der Waals surface area contributed by atoms with Gasteiger partial charge in [0.25, 0.3) is 5.56 Å². The largest absolute Gasteiger partial charge is 0.461 e. The molecule has 1 atom stereocenters. The summed E-state index contributed by atoms with van der Waals surface area (Å²) in [5.41, 5.74) is -1.89. The van der Waals surface area contributed by atoms with E-state index in [0.717, 1.165) is 36.7 Å². The third-order valence-electron chi connectivity index (χ3n) is 5.59. The number of halogens is 7. The fraction of sp³-hybridized carbons (Fsp3) is 0.208. The minimum absolute atomic E-state index is 0.0983. The molecule has 4 rings (SSSR count). The molecule has 206 valence electrons. The van der Waals surface area contributed by atoms with Crippen LogP contribution in [-0.2, 0) is 15.9 Å². The summed E-state index contributed by atoms with van der Waals surface area (Å²) in [6.45, 7) is 1.42. The van der Waals surface area contributed by atoms with Crippen LogP contribution in [-0.4, -0.2) is 37.3 Å². The van der Waals surface area contributed by atoms with Crippen LogP contribution in [0.25, 0.3) is 27.7 Å². The molecule has 0 fully saturated rings. The first-order chi connectivity index (χ1) is 18.1. The molecule has 4 aromatic rings. The maximum absolute atomic E-state index is 13.4. The molecule has 0 aliphatic carbocycles. The van der Waals surface area contributed by atoms with Gasteiger partial charge in [-0.3, -0.25) is 4.79 Å². The van der Waals surface area contributed by atoms with Gasteiger partial charge in [-0.15, -0.1) is 0 Å². The molecule has 0 spiro atoms. The van der Waals surface area contributed by atoms with Crippen LogP contribution in [0.1, 0.15) is 12.5 Å². The molecule has 39 heavy (non-hydrogen) atoms. The zero-order valence-corrected chi connectivity index (χ0v) is 20.5. The van der Waals surface area contributed by atoms with Crippen molar-refractivity contribution >= 4 is 20.5 Å². The number of benzene rings is 2. The van der Waals surface area contributed by atoms with Crippen molar-refractivity contribution in [2.75, 3.05) is 5.75 Å². The molecule has 2 aromatic heterocycles. The van der Waals surface area contributed by atoms with Crippen LogP contribution in [0.4, 0.5) is 30.7 Å². The van der Waals surface area contributed by atoms with Gasteiger partial charge in [0, 0.05) is 22.9 Å². The summed E-state index contributed by atoms with van der Waals surface area (Å²) in [5, 5.41) is 3.67. The Hall–Kier alpha value is -4.01. The van der Waals surface area contributed by atoms with Gasteiger partial charge in [0.2, 0.25) is 0 Å². The molecule has 7 nitrogen and oxygen atoms in total. The molecule has 2 heterocycles. The van der Waals surface area contributed by atoms with E-state index in [1.807, 2.05) is 0 Å². The highest BCUT2D eigenvalue weighted by Crippen LogP contribution is 2.33. The summed E-state index contributed by atoms with van der Waals surface area (Å²) in [6, 6.07) is 8.29.